The number of hydrogen-bond acceptors (Lipinski definition) is 2. The van der Waals surface area contributed by atoms with Crippen molar-refractivity contribution in [1.29, 1.82) is 0 Å². The molecule has 2 aromatic carbocycles. The summed E-state index contributed by atoms with van der Waals surface area (Å²) in [5.74, 6) is -1.04. The van der Waals surface area contributed by atoms with Crippen LogP contribution in [-0.2, 0) is 9.59 Å². The number of aliphatic carboxylic acids is 1. The molecule has 0 aromatic heterocycles. The van der Waals surface area contributed by atoms with Crippen LogP contribution in [0.1, 0.15) is 11.6 Å². The number of amides is 1. The molecule has 0 heterocycles. The predicted molar refractivity (Wildman–Crippen MR) is 68.2 cm³/mol. The van der Waals surface area contributed by atoms with Gasteiger partial charge in [0.1, 0.15) is 0 Å². The van der Waals surface area contributed by atoms with Crippen molar-refractivity contribution in [2.45, 2.75) is 6.04 Å². The highest BCUT2D eigenvalue weighted by Gasteiger charge is 2.25. The highest BCUT2D eigenvalue weighted by Crippen LogP contribution is 2.27. The van der Waals surface area contributed by atoms with Crippen LogP contribution in [0, 0.1) is 0 Å². The van der Waals surface area contributed by atoms with Gasteiger partial charge in [0.25, 0.3) is 0 Å². The molecule has 0 aliphatic heterocycles. The molecule has 4 nitrogen and oxygen atoms in total. The van der Waals surface area contributed by atoms with E-state index in [2.05, 4.69) is 0 Å². The lowest BCUT2D eigenvalue weighted by Gasteiger charge is -2.22. The van der Waals surface area contributed by atoms with E-state index in [0.717, 1.165) is 15.7 Å². The van der Waals surface area contributed by atoms with Gasteiger partial charge in [-0.2, -0.15) is 0 Å². The van der Waals surface area contributed by atoms with Crippen molar-refractivity contribution in [3.63, 3.8) is 0 Å². The largest absolute Gasteiger partial charge is 0.479 e. The quantitative estimate of drug-likeness (QED) is 0.836. The van der Waals surface area contributed by atoms with Gasteiger partial charge in [0.05, 0.1) is 0 Å². The Bertz CT molecular complexity index is 589. The van der Waals surface area contributed by atoms with E-state index in [4.69, 9.17) is 0 Å². The molecule has 0 saturated carbocycles. The summed E-state index contributed by atoms with van der Waals surface area (Å²) in [4.78, 5) is 23.3. The molecule has 1 atom stereocenters. The number of rotatable bonds is 4. The third kappa shape index (κ3) is 2.05. The van der Waals surface area contributed by atoms with Crippen molar-refractivity contribution in [3.8, 4) is 0 Å². The van der Waals surface area contributed by atoms with E-state index in [1.807, 2.05) is 30.3 Å². The lowest BCUT2D eigenvalue weighted by molar-refractivity contribution is -0.145. The summed E-state index contributed by atoms with van der Waals surface area (Å²) in [6.45, 7) is 0. The number of nitrogens with zero attached hydrogens (tertiary/aromatic N) is 1. The number of carbonyl (C=O) groups is 2. The second-order valence-corrected chi connectivity index (χ2v) is 4.08. The molecule has 0 fully saturated rings. The van der Waals surface area contributed by atoms with E-state index in [-0.39, 0.29) is 0 Å². The molecule has 4 heteroatoms. The minimum absolute atomic E-state index is 0.528. The van der Waals surface area contributed by atoms with Crippen LogP contribution >= 0.6 is 0 Å². The topological polar surface area (TPSA) is 57.6 Å². The third-order valence-corrected chi connectivity index (χ3v) is 2.93. The van der Waals surface area contributed by atoms with Crippen LogP contribution in [-0.4, -0.2) is 29.4 Å². The van der Waals surface area contributed by atoms with Gasteiger partial charge in [-0.25, -0.2) is 4.79 Å². The van der Waals surface area contributed by atoms with E-state index in [0.29, 0.717) is 12.0 Å². The lowest BCUT2D eigenvalue weighted by atomic mass is 9.98. The van der Waals surface area contributed by atoms with Gasteiger partial charge in [-0.05, 0) is 16.3 Å². The molecule has 1 unspecified atom stereocenters. The fraction of sp³-hybridized carbons (Fsp3) is 0.143. The second kappa shape index (κ2) is 4.87. The Morgan fingerprint density at radius 1 is 1.22 bits per heavy atom. The van der Waals surface area contributed by atoms with Crippen molar-refractivity contribution in [3.05, 3.63) is 48.0 Å². The fourth-order valence-corrected chi connectivity index (χ4v) is 2.08. The first-order valence-electron chi connectivity index (χ1n) is 5.53. The molecule has 2 rings (SSSR count). The first-order valence-corrected chi connectivity index (χ1v) is 5.53. The summed E-state index contributed by atoms with van der Waals surface area (Å²) in [6.07, 6.45) is 0.528. The first kappa shape index (κ1) is 12.1. The van der Waals surface area contributed by atoms with Gasteiger partial charge in [0, 0.05) is 7.05 Å². The van der Waals surface area contributed by atoms with Crippen LogP contribution in [0.15, 0.2) is 42.5 Å². The third-order valence-electron chi connectivity index (χ3n) is 2.93. The standard InChI is InChI=1S/C14H13NO3/c1-15(9-16)13(14(17)18)12-8-4-6-10-5-2-3-7-11(10)12/h2-9,13H,1H3,(H,17,18). The lowest BCUT2D eigenvalue weighted by Crippen LogP contribution is -2.29. The van der Waals surface area contributed by atoms with Gasteiger partial charge in [-0.3, -0.25) is 4.79 Å². The minimum Gasteiger partial charge on any atom is -0.479 e. The van der Waals surface area contributed by atoms with E-state index < -0.39 is 12.0 Å². The Morgan fingerprint density at radius 2 is 1.89 bits per heavy atom. The molecule has 0 spiro atoms. The van der Waals surface area contributed by atoms with Crippen LogP contribution < -0.4 is 0 Å². The van der Waals surface area contributed by atoms with Crippen LogP contribution in [0.4, 0.5) is 0 Å². The average molecular weight is 243 g/mol. The Hall–Kier alpha value is -2.36. The number of carbonyl (C=O) groups excluding carboxylic acids is 1. The smallest absolute Gasteiger partial charge is 0.331 e. The van der Waals surface area contributed by atoms with Gasteiger partial charge < -0.3 is 10.0 Å². The molecule has 1 amide bonds. The van der Waals surface area contributed by atoms with Crippen molar-refractivity contribution < 1.29 is 14.7 Å². The van der Waals surface area contributed by atoms with Crippen molar-refractivity contribution in [2.75, 3.05) is 7.05 Å². The average Bonchev–Trinajstić information content (AvgIpc) is 2.38. The fourth-order valence-electron chi connectivity index (χ4n) is 2.08. The molecule has 0 radical (unpaired) electrons. The van der Waals surface area contributed by atoms with Gasteiger partial charge in [0.2, 0.25) is 6.41 Å². The van der Waals surface area contributed by atoms with E-state index in [1.54, 1.807) is 12.1 Å². The Labute approximate surface area is 104 Å². The maximum atomic E-state index is 11.3. The van der Waals surface area contributed by atoms with Crippen LogP contribution in [0.2, 0.25) is 0 Å². The van der Waals surface area contributed by atoms with Gasteiger partial charge in [0.15, 0.2) is 6.04 Å². The number of carboxylic acids is 1. The predicted octanol–water partition coefficient (Wildman–Crippen LogP) is 2.05. The zero-order valence-electron chi connectivity index (χ0n) is 9.91. The van der Waals surface area contributed by atoms with Gasteiger partial charge in [-0.1, -0.05) is 42.5 Å². The maximum Gasteiger partial charge on any atom is 0.331 e. The Morgan fingerprint density at radius 3 is 2.56 bits per heavy atom. The molecule has 1 N–H and O–H groups in total. The molecular weight excluding hydrogens is 230 g/mol. The minimum atomic E-state index is -1.04. The zero-order valence-corrected chi connectivity index (χ0v) is 9.91. The second-order valence-electron chi connectivity index (χ2n) is 4.08. The maximum absolute atomic E-state index is 11.3. The summed E-state index contributed by atoms with van der Waals surface area (Å²) < 4.78 is 0. The Balaban J connectivity index is 2.64. The highest BCUT2D eigenvalue weighted by molar-refractivity contribution is 5.91. The molecule has 0 bridgehead atoms. The number of benzene rings is 2. The van der Waals surface area contributed by atoms with Crippen molar-refractivity contribution >= 4 is 23.2 Å². The number of fused-ring (bicyclic) bond motifs is 1. The number of hydrogen-bond donors (Lipinski definition) is 1. The summed E-state index contributed by atoms with van der Waals surface area (Å²) >= 11 is 0. The summed E-state index contributed by atoms with van der Waals surface area (Å²) in [6, 6.07) is 12.0. The molecule has 2 aromatic rings. The summed E-state index contributed by atoms with van der Waals surface area (Å²) in [5, 5.41) is 11.1. The van der Waals surface area contributed by atoms with Crippen LogP contribution in [0.3, 0.4) is 0 Å². The van der Waals surface area contributed by atoms with Crippen molar-refractivity contribution in [1.82, 2.24) is 4.90 Å². The normalized spacial score (nSPS) is 12.1. The Kier molecular flexibility index (Phi) is 3.28. The summed E-state index contributed by atoms with van der Waals surface area (Å²) in [5.41, 5.74) is 0.621. The molecular formula is C14H13NO3. The van der Waals surface area contributed by atoms with Gasteiger partial charge >= 0.3 is 5.97 Å². The number of carboxylic acid groups (broad SMARTS) is 1. The molecule has 92 valence electrons. The molecule has 0 saturated heterocycles. The summed E-state index contributed by atoms with van der Waals surface area (Å²) in [7, 11) is 1.47. The molecule has 18 heavy (non-hydrogen) atoms. The SMILES string of the molecule is CN(C=O)C(C(=O)O)c1cccc2ccccc12. The van der Waals surface area contributed by atoms with E-state index in [9.17, 15) is 14.7 Å². The van der Waals surface area contributed by atoms with Crippen LogP contribution in [0.25, 0.3) is 10.8 Å². The van der Waals surface area contributed by atoms with E-state index >= 15 is 0 Å². The monoisotopic (exact) mass is 243 g/mol. The van der Waals surface area contributed by atoms with Crippen LogP contribution in [0.5, 0.6) is 0 Å². The molecule has 0 aliphatic rings. The van der Waals surface area contributed by atoms with E-state index in [1.165, 1.54) is 7.05 Å². The van der Waals surface area contributed by atoms with Gasteiger partial charge in [-0.15, -0.1) is 0 Å². The zero-order chi connectivity index (χ0) is 13.1. The first-order chi connectivity index (χ1) is 8.65. The number of likely N-dealkylation sites (N-methyl/N-ethyl adjacent to an activating group) is 1. The van der Waals surface area contributed by atoms with Crippen molar-refractivity contribution in [2.24, 2.45) is 0 Å². The highest BCUT2D eigenvalue weighted by atomic mass is 16.4. The molecule has 0 aliphatic carbocycles.